The lowest BCUT2D eigenvalue weighted by Crippen LogP contribution is -2.35. The molecule has 1 saturated heterocycles. The second-order valence-corrected chi connectivity index (χ2v) is 4.31. The zero-order valence-electron chi connectivity index (χ0n) is 9.19. The first-order valence-electron chi connectivity index (χ1n) is 5.58. The zero-order chi connectivity index (χ0) is 10.7. The van der Waals surface area contributed by atoms with Crippen molar-refractivity contribution in [2.45, 2.75) is 19.8 Å². The molecule has 1 aliphatic rings. The summed E-state index contributed by atoms with van der Waals surface area (Å²) in [7, 11) is 0. The Kier molecular flexibility index (Phi) is 3.21. The van der Waals surface area contributed by atoms with Crippen molar-refractivity contribution in [1.29, 1.82) is 0 Å². The summed E-state index contributed by atoms with van der Waals surface area (Å²) in [5.41, 5.74) is 1.20. The van der Waals surface area contributed by atoms with Crippen LogP contribution >= 0.6 is 0 Å². The third-order valence-electron chi connectivity index (χ3n) is 3.09. The summed E-state index contributed by atoms with van der Waals surface area (Å²) in [4.78, 5) is 6.71. The molecule has 2 rings (SSSR count). The van der Waals surface area contributed by atoms with Gasteiger partial charge in [-0.3, -0.25) is 0 Å². The normalized spacial score (nSPS) is 18.1. The topological polar surface area (TPSA) is 36.4 Å². The maximum atomic E-state index is 9.05. The van der Waals surface area contributed by atoms with Crippen LogP contribution in [0.25, 0.3) is 0 Å². The van der Waals surface area contributed by atoms with Gasteiger partial charge in [0, 0.05) is 25.9 Å². The average Bonchev–Trinajstić information content (AvgIpc) is 2.30. The molecule has 0 amide bonds. The van der Waals surface area contributed by atoms with Crippen LogP contribution in [0.2, 0.25) is 0 Å². The predicted octanol–water partition coefficient (Wildman–Crippen LogP) is 1.60. The first-order valence-corrected chi connectivity index (χ1v) is 5.58. The lowest BCUT2D eigenvalue weighted by molar-refractivity contribution is 0.203. The summed E-state index contributed by atoms with van der Waals surface area (Å²) in [6.07, 6.45) is 4.06. The Morgan fingerprint density at radius 3 is 2.67 bits per heavy atom. The van der Waals surface area contributed by atoms with E-state index in [0.717, 1.165) is 31.7 Å². The minimum Gasteiger partial charge on any atom is -0.396 e. The molecule has 2 heterocycles. The molecule has 0 spiro atoms. The predicted molar refractivity (Wildman–Crippen MR) is 61.0 cm³/mol. The number of anilines is 1. The van der Waals surface area contributed by atoms with E-state index >= 15 is 0 Å². The van der Waals surface area contributed by atoms with E-state index < -0.39 is 0 Å². The molecule has 1 aromatic heterocycles. The number of hydrogen-bond acceptors (Lipinski definition) is 3. The van der Waals surface area contributed by atoms with E-state index in [4.69, 9.17) is 5.11 Å². The second-order valence-electron chi connectivity index (χ2n) is 4.31. The standard InChI is InChI=1S/C12H18N2O/c1-10-2-3-12(13-8-10)14-6-4-11(9-15)5-7-14/h2-3,8,11,15H,4-7,9H2,1H3. The number of piperidine rings is 1. The van der Waals surface area contributed by atoms with Gasteiger partial charge in [0.25, 0.3) is 0 Å². The highest BCUT2D eigenvalue weighted by Crippen LogP contribution is 2.21. The molecule has 0 unspecified atom stereocenters. The van der Waals surface area contributed by atoms with E-state index in [1.54, 1.807) is 0 Å². The molecule has 1 aliphatic heterocycles. The van der Waals surface area contributed by atoms with E-state index in [2.05, 4.69) is 28.9 Å². The molecule has 1 N–H and O–H groups in total. The molecule has 0 bridgehead atoms. The Morgan fingerprint density at radius 1 is 1.40 bits per heavy atom. The van der Waals surface area contributed by atoms with Crippen LogP contribution in [0, 0.1) is 12.8 Å². The number of rotatable bonds is 2. The van der Waals surface area contributed by atoms with Gasteiger partial charge in [-0.1, -0.05) is 6.07 Å². The Morgan fingerprint density at radius 2 is 2.13 bits per heavy atom. The first kappa shape index (κ1) is 10.4. The van der Waals surface area contributed by atoms with Gasteiger partial charge in [-0.15, -0.1) is 0 Å². The average molecular weight is 206 g/mol. The number of aromatic nitrogens is 1. The summed E-state index contributed by atoms with van der Waals surface area (Å²) in [5.74, 6) is 1.56. The van der Waals surface area contributed by atoms with Gasteiger partial charge in [0.15, 0.2) is 0 Å². The summed E-state index contributed by atoms with van der Waals surface area (Å²) in [6.45, 7) is 4.41. The molecule has 15 heavy (non-hydrogen) atoms. The number of aliphatic hydroxyl groups excluding tert-OH is 1. The van der Waals surface area contributed by atoms with Gasteiger partial charge in [-0.25, -0.2) is 4.98 Å². The van der Waals surface area contributed by atoms with Gasteiger partial charge >= 0.3 is 0 Å². The van der Waals surface area contributed by atoms with Gasteiger partial charge in [-0.2, -0.15) is 0 Å². The lowest BCUT2D eigenvalue weighted by atomic mass is 9.98. The highest BCUT2D eigenvalue weighted by atomic mass is 16.3. The second kappa shape index (κ2) is 4.62. The van der Waals surface area contributed by atoms with Crippen molar-refractivity contribution in [3.63, 3.8) is 0 Å². The summed E-state index contributed by atoms with van der Waals surface area (Å²) < 4.78 is 0. The van der Waals surface area contributed by atoms with E-state index in [1.165, 1.54) is 5.56 Å². The largest absolute Gasteiger partial charge is 0.396 e. The van der Waals surface area contributed by atoms with Crippen LogP contribution in [0.4, 0.5) is 5.82 Å². The molecule has 0 aliphatic carbocycles. The minimum atomic E-state index is 0.329. The molecule has 3 heteroatoms. The maximum Gasteiger partial charge on any atom is 0.128 e. The molecular formula is C12H18N2O. The number of hydrogen-bond donors (Lipinski definition) is 1. The fourth-order valence-corrected chi connectivity index (χ4v) is 1.99. The lowest BCUT2D eigenvalue weighted by Gasteiger charge is -2.31. The molecule has 0 aromatic carbocycles. The number of nitrogens with zero attached hydrogens (tertiary/aromatic N) is 2. The van der Waals surface area contributed by atoms with Crippen molar-refractivity contribution < 1.29 is 5.11 Å². The van der Waals surface area contributed by atoms with Crippen molar-refractivity contribution in [3.8, 4) is 0 Å². The smallest absolute Gasteiger partial charge is 0.128 e. The molecule has 0 atom stereocenters. The van der Waals surface area contributed by atoms with Crippen LogP contribution in [0.5, 0.6) is 0 Å². The third kappa shape index (κ3) is 2.48. The first-order chi connectivity index (χ1) is 7.29. The number of pyridine rings is 1. The van der Waals surface area contributed by atoms with Crippen molar-refractivity contribution in [2.75, 3.05) is 24.6 Å². The Hall–Kier alpha value is -1.09. The van der Waals surface area contributed by atoms with Crippen LogP contribution in [0.15, 0.2) is 18.3 Å². The van der Waals surface area contributed by atoms with E-state index in [-0.39, 0.29) is 0 Å². The Balaban J connectivity index is 1.98. The van der Waals surface area contributed by atoms with E-state index in [9.17, 15) is 0 Å². The van der Waals surface area contributed by atoms with Crippen molar-refractivity contribution in [2.24, 2.45) is 5.92 Å². The summed E-state index contributed by atoms with van der Waals surface area (Å²) in [5, 5.41) is 9.05. The number of aryl methyl sites for hydroxylation is 1. The van der Waals surface area contributed by atoms with Crippen molar-refractivity contribution >= 4 is 5.82 Å². The monoisotopic (exact) mass is 206 g/mol. The molecule has 0 saturated carbocycles. The van der Waals surface area contributed by atoms with Crippen LogP contribution < -0.4 is 4.90 Å². The Bertz CT molecular complexity index is 302. The fourth-order valence-electron chi connectivity index (χ4n) is 1.99. The summed E-state index contributed by atoms with van der Waals surface area (Å²) >= 11 is 0. The highest BCUT2D eigenvalue weighted by Gasteiger charge is 2.18. The summed E-state index contributed by atoms with van der Waals surface area (Å²) in [6, 6.07) is 4.18. The third-order valence-corrected chi connectivity index (χ3v) is 3.09. The molecule has 3 nitrogen and oxygen atoms in total. The van der Waals surface area contributed by atoms with E-state index in [1.807, 2.05) is 6.20 Å². The van der Waals surface area contributed by atoms with Gasteiger partial charge in [0.1, 0.15) is 5.82 Å². The van der Waals surface area contributed by atoms with Crippen LogP contribution in [0.1, 0.15) is 18.4 Å². The van der Waals surface area contributed by atoms with Crippen LogP contribution in [-0.2, 0) is 0 Å². The molecule has 1 fully saturated rings. The van der Waals surface area contributed by atoms with E-state index in [0.29, 0.717) is 12.5 Å². The Labute approximate surface area is 90.8 Å². The quantitative estimate of drug-likeness (QED) is 0.798. The minimum absolute atomic E-state index is 0.329. The van der Waals surface area contributed by atoms with Crippen LogP contribution in [-0.4, -0.2) is 29.8 Å². The molecule has 0 radical (unpaired) electrons. The SMILES string of the molecule is Cc1ccc(N2CCC(CO)CC2)nc1. The van der Waals surface area contributed by atoms with Gasteiger partial charge in [-0.05, 0) is 37.3 Å². The van der Waals surface area contributed by atoms with Gasteiger partial charge in [0.2, 0.25) is 0 Å². The number of aliphatic hydroxyl groups is 1. The maximum absolute atomic E-state index is 9.05. The van der Waals surface area contributed by atoms with Crippen LogP contribution in [0.3, 0.4) is 0 Å². The molecule has 82 valence electrons. The molecular weight excluding hydrogens is 188 g/mol. The van der Waals surface area contributed by atoms with Crippen molar-refractivity contribution in [3.05, 3.63) is 23.9 Å². The van der Waals surface area contributed by atoms with Gasteiger partial charge < -0.3 is 10.0 Å². The van der Waals surface area contributed by atoms with Gasteiger partial charge in [0.05, 0.1) is 0 Å². The molecule has 1 aromatic rings. The highest BCUT2D eigenvalue weighted by molar-refractivity contribution is 5.39. The fraction of sp³-hybridized carbons (Fsp3) is 0.583. The zero-order valence-corrected chi connectivity index (χ0v) is 9.19. The van der Waals surface area contributed by atoms with Crippen molar-refractivity contribution in [1.82, 2.24) is 4.98 Å².